The molecule has 0 aromatic carbocycles. The van der Waals surface area contributed by atoms with Crippen LogP contribution in [-0.2, 0) is 9.59 Å². The van der Waals surface area contributed by atoms with Crippen molar-refractivity contribution in [1.82, 2.24) is 10.2 Å². The molecular weight excluding hydrogens is 204 g/mol. The van der Waals surface area contributed by atoms with Gasteiger partial charge < -0.3 is 10.2 Å². The van der Waals surface area contributed by atoms with Gasteiger partial charge in [-0.25, -0.2) is 0 Å². The molecule has 1 aliphatic heterocycles. The van der Waals surface area contributed by atoms with Crippen LogP contribution in [0.25, 0.3) is 0 Å². The Morgan fingerprint density at radius 1 is 1.19 bits per heavy atom. The van der Waals surface area contributed by atoms with Gasteiger partial charge in [0.05, 0.1) is 13.1 Å². The van der Waals surface area contributed by atoms with E-state index in [-0.39, 0.29) is 24.9 Å². The number of amides is 2. The molecule has 0 aromatic rings. The van der Waals surface area contributed by atoms with Crippen molar-refractivity contribution in [3.05, 3.63) is 0 Å². The molecule has 0 bridgehead atoms. The van der Waals surface area contributed by atoms with Gasteiger partial charge in [-0.15, -0.1) is 0 Å². The third kappa shape index (κ3) is 2.54. The molecule has 1 saturated carbocycles. The first kappa shape index (κ1) is 11.4. The Kier molecular flexibility index (Phi) is 3.46. The first-order valence-corrected chi connectivity index (χ1v) is 6.23. The lowest BCUT2D eigenvalue weighted by Crippen LogP contribution is -2.55. The molecule has 16 heavy (non-hydrogen) atoms. The van der Waals surface area contributed by atoms with Crippen molar-refractivity contribution >= 4 is 11.8 Å². The van der Waals surface area contributed by atoms with Crippen molar-refractivity contribution in [3.63, 3.8) is 0 Å². The molecule has 4 heteroatoms. The Hall–Kier alpha value is -1.06. The van der Waals surface area contributed by atoms with E-state index >= 15 is 0 Å². The zero-order valence-corrected chi connectivity index (χ0v) is 9.87. The Morgan fingerprint density at radius 2 is 2.00 bits per heavy atom. The SMILES string of the molecule is CC1CCCC(N2CC(=O)NCC2=O)CC1. The minimum absolute atomic E-state index is 0.0168. The lowest BCUT2D eigenvalue weighted by molar-refractivity contribution is -0.143. The molecule has 1 saturated heterocycles. The van der Waals surface area contributed by atoms with Crippen LogP contribution in [-0.4, -0.2) is 35.8 Å². The van der Waals surface area contributed by atoms with Gasteiger partial charge in [0.25, 0.3) is 0 Å². The van der Waals surface area contributed by atoms with Gasteiger partial charge in [-0.3, -0.25) is 9.59 Å². The lowest BCUT2D eigenvalue weighted by atomic mass is 10.0. The lowest BCUT2D eigenvalue weighted by Gasteiger charge is -2.33. The van der Waals surface area contributed by atoms with Crippen LogP contribution in [0.2, 0.25) is 0 Å². The first-order valence-electron chi connectivity index (χ1n) is 6.23. The minimum atomic E-state index is -0.0168. The summed E-state index contributed by atoms with van der Waals surface area (Å²) in [5.41, 5.74) is 0. The van der Waals surface area contributed by atoms with Gasteiger partial charge in [0.1, 0.15) is 0 Å². The number of carbonyl (C=O) groups excluding carboxylic acids is 2. The van der Waals surface area contributed by atoms with Gasteiger partial charge in [0, 0.05) is 6.04 Å². The molecule has 1 aliphatic carbocycles. The van der Waals surface area contributed by atoms with E-state index < -0.39 is 0 Å². The average Bonchev–Trinajstić information content (AvgIpc) is 2.47. The molecule has 0 spiro atoms. The molecule has 2 unspecified atom stereocenters. The first-order chi connectivity index (χ1) is 7.66. The maximum absolute atomic E-state index is 11.7. The van der Waals surface area contributed by atoms with Crippen molar-refractivity contribution in [1.29, 1.82) is 0 Å². The number of piperazine rings is 1. The molecule has 1 N–H and O–H groups in total. The highest BCUT2D eigenvalue weighted by Crippen LogP contribution is 2.26. The van der Waals surface area contributed by atoms with Crippen LogP contribution in [0.4, 0.5) is 0 Å². The van der Waals surface area contributed by atoms with Crippen LogP contribution >= 0.6 is 0 Å². The van der Waals surface area contributed by atoms with E-state index in [9.17, 15) is 9.59 Å². The summed E-state index contributed by atoms with van der Waals surface area (Å²) in [5, 5.41) is 2.60. The highest BCUT2D eigenvalue weighted by Gasteiger charge is 2.30. The number of hydrogen-bond donors (Lipinski definition) is 1. The standard InChI is InChI=1S/C12H20N2O2/c1-9-3-2-4-10(6-5-9)14-8-11(15)13-7-12(14)16/h9-10H,2-8H2,1H3,(H,13,15). The average molecular weight is 224 g/mol. The molecule has 2 aliphatic rings. The van der Waals surface area contributed by atoms with Crippen LogP contribution in [0.5, 0.6) is 0 Å². The molecule has 0 radical (unpaired) electrons. The Bertz CT molecular complexity index is 291. The molecule has 1 heterocycles. The van der Waals surface area contributed by atoms with Gasteiger partial charge >= 0.3 is 0 Å². The van der Waals surface area contributed by atoms with E-state index in [0.717, 1.165) is 18.8 Å². The van der Waals surface area contributed by atoms with E-state index in [1.165, 1.54) is 19.3 Å². The normalized spacial score (nSPS) is 32.2. The molecule has 2 amide bonds. The van der Waals surface area contributed by atoms with Gasteiger partial charge in [0.2, 0.25) is 11.8 Å². The zero-order valence-electron chi connectivity index (χ0n) is 9.87. The summed E-state index contributed by atoms with van der Waals surface area (Å²) >= 11 is 0. The minimum Gasteiger partial charge on any atom is -0.345 e. The fraction of sp³-hybridized carbons (Fsp3) is 0.833. The second-order valence-corrected chi connectivity index (χ2v) is 5.07. The van der Waals surface area contributed by atoms with Crippen molar-refractivity contribution in [2.24, 2.45) is 5.92 Å². The molecule has 2 rings (SSSR count). The maximum Gasteiger partial charge on any atom is 0.242 e. The van der Waals surface area contributed by atoms with Crippen molar-refractivity contribution in [2.75, 3.05) is 13.1 Å². The topological polar surface area (TPSA) is 49.4 Å². The fourth-order valence-electron chi connectivity index (χ4n) is 2.69. The fourth-order valence-corrected chi connectivity index (χ4v) is 2.69. The monoisotopic (exact) mass is 224 g/mol. The summed E-state index contributed by atoms with van der Waals surface area (Å²) in [6.07, 6.45) is 5.72. The highest BCUT2D eigenvalue weighted by atomic mass is 16.2. The quantitative estimate of drug-likeness (QED) is 0.673. The van der Waals surface area contributed by atoms with Gasteiger partial charge in [-0.05, 0) is 25.2 Å². The predicted octanol–water partition coefficient (Wildman–Crippen LogP) is 0.914. The summed E-state index contributed by atoms with van der Waals surface area (Å²) < 4.78 is 0. The second-order valence-electron chi connectivity index (χ2n) is 5.07. The summed E-state index contributed by atoms with van der Waals surface area (Å²) in [4.78, 5) is 24.8. The number of nitrogens with one attached hydrogen (secondary N) is 1. The van der Waals surface area contributed by atoms with Crippen LogP contribution in [0.3, 0.4) is 0 Å². The number of hydrogen-bond acceptors (Lipinski definition) is 2. The Morgan fingerprint density at radius 3 is 2.81 bits per heavy atom. The Balaban J connectivity index is 1.99. The van der Waals surface area contributed by atoms with Crippen molar-refractivity contribution in [2.45, 2.75) is 45.1 Å². The third-order valence-corrected chi connectivity index (χ3v) is 3.74. The number of rotatable bonds is 1. The molecule has 4 nitrogen and oxygen atoms in total. The third-order valence-electron chi connectivity index (χ3n) is 3.74. The number of nitrogens with zero attached hydrogens (tertiary/aromatic N) is 1. The summed E-state index contributed by atoms with van der Waals surface area (Å²) in [7, 11) is 0. The molecule has 90 valence electrons. The van der Waals surface area contributed by atoms with Crippen LogP contribution in [0.1, 0.15) is 39.0 Å². The van der Waals surface area contributed by atoms with E-state index in [1.54, 1.807) is 4.90 Å². The molecular formula is C12H20N2O2. The van der Waals surface area contributed by atoms with E-state index in [0.29, 0.717) is 6.04 Å². The molecule has 2 atom stereocenters. The van der Waals surface area contributed by atoms with Crippen LogP contribution < -0.4 is 5.32 Å². The zero-order chi connectivity index (χ0) is 11.5. The predicted molar refractivity (Wildman–Crippen MR) is 60.8 cm³/mol. The summed E-state index contributed by atoms with van der Waals surface area (Å²) in [6.45, 7) is 2.72. The Labute approximate surface area is 96.4 Å². The van der Waals surface area contributed by atoms with Crippen LogP contribution in [0.15, 0.2) is 0 Å². The molecule has 2 fully saturated rings. The van der Waals surface area contributed by atoms with Gasteiger partial charge in [-0.2, -0.15) is 0 Å². The molecule has 0 aromatic heterocycles. The van der Waals surface area contributed by atoms with E-state index in [4.69, 9.17) is 0 Å². The number of carbonyl (C=O) groups is 2. The summed E-state index contributed by atoms with van der Waals surface area (Å²) in [6, 6.07) is 0.295. The van der Waals surface area contributed by atoms with Crippen molar-refractivity contribution < 1.29 is 9.59 Å². The van der Waals surface area contributed by atoms with E-state index in [1.807, 2.05) is 0 Å². The highest BCUT2D eigenvalue weighted by molar-refractivity contribution is 5.92. The van der Waals surface area contributed by atoms with E-state index in [2.05, 4.69) is 12.2 Å². The summed E-state index contributed by atoms with van der Waals surface area (Å²) in [5.74, 6) is 0.828. The maximum atomic E-state index is 11.7. The smallest absolute Gasteiger partial charge is 0.242 e. The largest absolute Gasteiger partial charge is 0.345 e. The van der Waals surface area contributed by atoms with Gasteiger partial charge in [0.15, 0.2) is 0 Å². The second kappa shape index (κ2) is 4.85. The van der Waals surface area contributed by atoms with Gasteiger partial charge in [-0.1, -0.05) is 19.8 Å². The van der Waals surface area contributed by atoms with Crippen molar-refractivity contribution in [3.8, 4) is 0 Å². The van der Waals surface area contributed by atoms with Crippen LogP contribution in [0, 0.1) is 5.92 Å².